The molecule has 2 aromatic rings. The Kier molecular flexibility index (Phi) is 3.72. The zero-order valence-corrected chi connectivity index (χ0v) is 12.0. The number of carbonyl (C=O) groups is 2. The molecule has 1 aliphatic heterocycles. The summed E-state index contributed by atoms with van der Waals surface area (Å²) in [4.78, 5) is 26.1. The van der Waals surface area contributed by atoms with Crippen LogP contribution >= 0.6 is 11.3 Å². The number of hydrogen-bond donors (Lipinski definition) is 2. The lowest BCUT2D eigenvalue weighted by atomic mass is 10.1. The Morgan fingerprint density at radius 2 is 2.05 bits per heavy atom. The number of nitrogens with zero attached hydrogens (tertiary/aromatic N) is 1. The topological polar surface area (TPSA) is 69.6 Å². The smallest absolute Gasteiger partial charge is 0.322 e. The minimum absolute atomic E-state index is 0.114. The first-order valence-electron chi connectivity index (χ1n) is 6.56. The first-order valence-corrected chi connectivity index (χ1v) is 7.44. The van der Waals surface area contributed by atoms with Crippen LogP contribution in [0.2, 0.25) is 0 Å². The largest absolute Gasteiger partial charge is 0.480 e. The fraction of sp³-hybridized carbons (Fsp3) is 0.200. The number of rotatable bonds is 2. The second-order valence-corrected chi connectivity index (χ2v) is 5.74. The molecule has 1 amide bonds. The molecule has 6 heteroatoms. The van der Waals surface area contributed by atoms with Crippen molar-refractivity contribution in [3.05, 3.63) is 52.2 Å². The van der Waals surface area contributed by atoms with E-state index in [-0.39, 0.29) is 12.5 Å². The molecule has 21 heavy (non-hydrogen) atoms. The minimum atomic E-state index is -0.952. The quantitative estimate of drug-likeness (QED) is 0.889. The van der Waals surface area contributed by atoms with E-state index in [4.69, 9.17) is 0 Å². The number of benzene rings is 1. The number of fused-ring (bicyclic) bond motifs is 1. The van der Waals surface area contributed by atoms with Crippen LogP contribution in [0.15, 0.2) is 41.8 Å². The van der Waals surface area contributed by atoms with E-state index in [1.165, 1.54) is 11.3 Å². The molecule has 1 unspecified atom stereocenters. The molecule has 0 bridgehead atoms. The summed E-state index contributed by atoms with van der Waals surface area (Å²) in [5.74, 6) is -1.11. The van der Waals surface area contributed by atoms with Crippen molar-refractivity contribution in [3.63, 3.8) is 0 Å². The normalized spacial score (nSPS) is 17.9. The Hall–Kier alpha value is -2.18. The summed E-state index contributed by atoms with van der Waals surface area (Å²) in [5.41, 5.74) is 1.69. The van der Waals surface area contributed by atoms with Crippen molar-refractivity contribution < 1.29 is 14.7 Å². The van der Waals surface area contributed by atoms with E-state index in [1.54, 1.807) is 11.0 Å². The molecule has 108 valence electrons. The molecule has 3 rings (SSSR count). The molecule has 0 fully saturated rings. The third-order valence-electron chi connectivity index (χ3n) is 3.46. The Balaban J connectivity index is 2.01. The maximum atomic E-state index is 12.7. The Morgan fingerprint density at radius 3 is 2.76 bits per heavy atom. The minimum Gasteiger partial charge on any atom is -0.480 e. The van der Waals surface area contributed by atoms with Crippen LogP contribution in [-0.4, -0.2) is 29.6 Å². The van der Waals surface area contributed by atoms with Crippen molar-refractivity contribution in [1.29, 1.82) is 0 Å². The molecule has 0 saturated carbocycles. The second-order valence-electron chi connectivity index (χ2n) is 4.79. The van der Waals surface area contributed by atoms with Gasteiger partial charge in [0.15, 0.2) is 0 Å². The van der Waals surface area contributed by atoms with Crippen LogP contribution in [0.5, 0.6) is 0 Å². The number of nitrogens with one attached hydrogen (secondary N) is 1. The maximum absolute atomic E-state index is 12.7. The lowest BCUT2D eigenvalue weighted by Gasteiger charge is -2.23. The molecule has 2 heterocycles. The average molecular weight is 302 g/mol. The van der Waals surface area contributed by atoms with Gasteiger partial charge in [0.1, 0.15) is 6.04 Å². The summed E-state index contributed by atoms with van der Waals surface area (Å²) in [5, 5.41) is 14.1. The molecule has 0 saturated heterocycles. The molecular formula is C15H14N2O3S. The van der Waals surface area contributed by atoms with Crippen LogP contribution in [0.4, 0.5) is 5.69 Å². The maximum Gasteiger partial charge on any atom is 0.322 e. The van der Waals surface area contributed by atoms with E-state index in [0.717, 1.165) is 11.3 Å². The highest BCUT2D eigenvalue weighted by Crippen LogP contribution is 2.26. The Morgan fingerprint density at radius 1 is 1.24 bits per heavy atom. The van der Waals surface area contributed by atoms with Gasteiger partial charge < -0.3 is 10.0 Å². The van der Waals surface area contributed by atoms with Gasteiger partial charge in [-0.1, -0.05) is 24.3 Å². The summed E-state index contributed by atoms with van der Waals surface area (Å²) >= 11 is 1.36. The molecule has 0 radical (unpaired) electrons. The van der Waals surface area contributed by atoms with Gasteiger partial charge in [0, 0.05) is 12.2 Å². The van der Waals surface area contributed by atoms with Crippen molar-refractivity contribution >= 4 is 28.9 Å². The zero-order valence-electron chi connectivity index (χ0n) is 11.2. The summed E-state index contributed by atoms with van der Waals surface area (Å²) in [6, 6.07) is 10.3. The van der Waals surface area contributed by atoms with E-state index in [2.05, 4.69) is 5.32 Å². The van der Waals surface area contributed by atoms with Gasteiger partial charge in [-0.3, -0.25) is 14.9 Å². The van der Waals surface area contributed by atoms with Crippen molar-refractivity contribution in [3.8, 4) is 0 Å². The van der Waals surface area contributed by atoms with E-state index >= 15 is 0 Å². The first kappa shape index (κ1) is 13.8. The third-order valence-corrected chi connectivity index (χ3v) is 4.32. The molecule has 2 N–H and O–H groups in total. The second kappa shape index (κ2) is 5.67. The summed E-state index contributed by atoms with van der Waals surface area (Å²) in [7, 11) is 0. The fourth-order valence-electron chi connectivity index (χ4n) is 2.39. The van der Waals surface area contributed by atoms with Gasteiger partial charge in [-0.05, 0) is 23.1 Å². The number of anilines is 1. The van der Waals surface area contributed by atoms with Crippen LogP contribution in [0.1, 0.15) is 15.2 Å². The average Bonchev–Trinajstić information content (AvgIpc) is 2.94. The molecular weight excluding hydrogens is 288 g/mol. The fourth-order valence-corrected chi connectivity index (χ4v) is 3.07. The van der Waals surface area contributed by atoms with Crippen LogP contribution in [-0.2, 0) is 11.3 Å². The highest BCUT2D eigenvalue weighted by atomic mass is 32.1. The van der Waals surface area contributed by atoms with Crippen molar-refractivity contribution in [2.75, 3.05) is 11.4 Å². The van der Waals surface area contributed by atoms with Gasteiger partial charge in [0.2, 0.25) is 0 Å². The third kappa shape index (κ3) is 2.68. The van der Waals surface area contributed by atoms with Crippen LogP contribution < -0.4 is 10.2 Å². The number of carboxylic acid groups (broad SMARTS) is 1. The highest BCUT2D eigenvalue weighted by Gasteiger charge is 2.30. The van der Waals surface area contributed by atoms with E-state index in [1.807, 2.05) is 35.7 Å². The molecule has 1 aromatic carbocycles. The monoisotopic (exact) mass is 302 g/mol. The lowest BCUT2D eigenvalue weighted by molar-refractivity contribution is -0.139. The van der Waals surface area contributed by atoms with Gasteiger partial charge >= 0.3 is 5.97 Å². The molecule has 5 nitrogen and oxygen atoms in total. The van der Waals surface area contributed by atoms with E-state index in [0.29, 0.717) is 11.4 Å². The molecule has 1 atom stereocenters. The van der Waals surface area contributed by atoms with Gasteiger partial charge in [-0.2, -0.15) is 0 Å². The predicted octanol–water partition coefficient (Wildman–Crippen LogP) is 1.95. The number of amides is 1. The van der Waals surface area contributed by atoms with E-state index in [9.17, 15) is 14.7 Å². The van der Waals surface area contributed by atoms with Gasteiger partial charge in [0.05, 0.1) is 11.4 Å². The van der Waals surface area contributed by atoms with Crippen molar-refractivity contribution in [1.82, 2.24) is 5.32 Å². The van der Waals surface area contributed by atoms with Crippen molar-refractivity contribution in [2.24, 2.45) is 0 Å². The number of para-hydroxylation sites is 1. The summed E-state index contributed by atoms with van der Waals surface area (Å²) < 4.78 is 0. The molecule has 0 spiro atoms. The molecule has 1 aliphatic rings. The summed E-state index contributed by atoms with van der Waals surface area (Å²) in [6.07, 6.45) is 0. The zero-order chi connectivity index (χ0) is 14.8. The van der Waals surface area contributed by atoms with Gasteiger partial charge in [-0.25, -0.2) is 0 Å². The summed E-state index contributed by atoms with van der Waals surface area (Å²) in [6.45, 7) is 0.546. The number of carbonyl (C=O) groups excluding carboxylic acids is 1. The molecule has 0 aliphatic carbocycles. The standard InChI is InChI=1S/C15H14N2O3S/c18-14(13-6-3-7-21-13)17-9-11(15(19)20)16-8-10-4-1-2-5-12(10)17/h1-7,11,16H,8-9H2,(H,19,20). The predicted molar refractivity (Wildman–Crippen MR) is 80.7 cm³/mol. The number of carboxylic acids is 1. The Bertz CT molecular complexity index is 669. The number of aliphatic carboxylic acids is 1. The molecule has 1 aromatic heterocycles. The van der Waals surface area contributed by atoms with Gasteiger partial charge in [0.25, 0.3) is 5.91 Å². The SMILES string of the molecule is O=C(O)C1CN(C(=O)c2cccs2)c2ccccc2CN1. The number of thiophene rings is 1. The van der Waals surface area contributed by atoms with Crippen molar-refractivity contribution in [2.45, 2.75) is 12.6 Å². The van der Waals surface area contributed by atoms with E-state index < -0.39 is 12.0 Å². The lowest BCUT2D eigenvalue weighted by Crippen LogP contribution is -2.45. The van der Waals surface area contributed by atoms with Crippen LogP contribution in [0.3, 0.4) is 0 Å². The first-order chi connectivity index (χ1) is 10.2. The van der Waals surface area contributed by atoms with Gasteiger partial charge in [-0.15, -0.1) is 11.3 Å². The Labute approximate surface area is 125 Å². The van der Waals surface area contributed by atoms with Crippen LogP contribution in [0.25, 0.3) is 0 Å². The highest BCUT2D eigenvalue weighted by molar-refractivity contribution is 7.12. The van der Waals surface area contributed by atoms with Crippen LogP contribution in [0, 0.1) is 0 Å². The number of hydrogen-bond acceptors (Lipinski definition) is 4.